The van der Waals surface area contributed by atoms with Gasteiger partial charge in [0.15, 0.2) is 0 Å². The Balaban J connectivity index is 0.833. The van der Waals surface area contributed by atoms with E-state index < -0.39 is 0 Å². The van der Waals surface area contributed by atoms with Gasteiger partial charge in [0.05, 0.1) is 16.7 Å². The van der Waals surface area contributed by atoms with Gasteiger partial charge in [-0.2, -0.15) is 0 Å². The number of thiophene rings is 1. The molecule has 12 aromatic carbocycles. The molecule has 2 heterocycles. The number of aromatic nitrogens is 1. The summed E-state index contributed by atoms with van der Waals surface area (Å²) >= 11 is 1.87. The standard InChI is InChI=1S/C73H50N2S/c1-3-16-50(17-4-1)52-32-36-54(37-33-52)56-40-44-61(45-41-56)74(62-46-42-57(43-47-62)55-38-34-53(35-39-55)51-18-5-2-6-19-51)49-60-20-7-8-23-63(60)58-21-13-22-59(48-58)64-26-14-28-68-72(64)65-24-9-11-27-67(65)75(68)69-29-15-31-71-73(69)66-25-10-12-30-70(66)76-71/h1-48H,49H2. The highest BCUT2D eigenvalue weighted by molar-refractivity contribution is 7.25. The summed E-state index contributed by atoms with van der Waals surface area (Å²) in [5.41, 5.74) is 21.6. The smallest absolute Gasteiger partial charge is 0.0555 e. The molecule has 0 amide bonds. The van der Waals surface area contributed by atoms with E-state index in [0.29, 0.717) is 6.54 Å². The third-order valence-corrected chi connectivity index (χ3v) is 16.3. The average Bonchev–Trinajstić information content (AvgIpc) is 4.18. The topological polar surface area (TPSA) is 8.17 Å². The van der Waals surface area contributed by atoms with E-state index in [4.69, 9.17) is 0 Å². The van der Waals surface area contributed by atoms with Crippen molar-refractivity contribution < 1.29 is 0 Å². The molecule has 0 saturated heterocycles. The molecule has 2 nitrogen and oxygen atoms in total. The van der Waals surface area contributed by atoms with Crippen molar-refractivity contribution in [2.75, 3.05) is 4.90 Å². The van der Waals surface area contributed by atoms with Crippen LogP contribution in [0.15, 0.2) is 291 Å². The van der Waals surface area contributed by atoms with Crippen LogP contribution in [0.3, 0.4) is 0 Å². The normalized spacial score (nSPS) is 11.5. The molecule has 0 spiro atoms. The van der Waals surface area contributed by atoms with Crippen molar-refractivity contribution in [1.29, 1.82) is 0 Å². The first kappa shape index (κ1) is 45.1. The van der Waals surface area contributed by atoms with E-state index in [1.165, 1.54) is 120 Å². The van der Waals surface area contributed by atoms with Crippen molar-refractivity contribution in [3.8, 4) is 72.4 Å². The molecule has 0 aliphatic heterocycles. The SMILES string of the molecule is c1ccc(-c2ccc(-c3ccc(N(Cc4ccccc4-c4cccc(-c5cccc6c5c5ccccc5n6-c5cccc6sc7ccccc7c56)c4)c4ccc(-c5ccc(-c6ccccc6)cc5)cc4)cc3)cc2)cc1. The number of fused-ring (bicyclic) bond motifs is 6. The maximum atomic E-state index is 2.49. The lowest BCUT2D eigenvalue weighted by Crippen LogP contribution is -2.17. The van der Waals surface area contributed by atoms with Crippen LogP contribution in [0.2, 0.25) is 0 Å². The Labute approximate surface area is 447 Å². The van der Waals surface area contributed by atoms with Gasteiger partial charge in [0.2, 0.25) is 0 Å². The van der Waals surface area contributed by atoms with Crippen molar-refractivity contribution in [3.63, 3.8) is 0 Å². The van der Waals surface area contributed by atoms with E-state index in [0.717, 1.165) is 11.4 Å². The predicted molar refractivity (Wildman–Crippen MR) is 325 cm³/mol. The van der Waals surface area contributed by atoms with Gasteiger partial charge in [0.1, 0.15) is 0 Å². The summed E-state index contributed by atoms with van der Waals surface area (Å²) in [5.74, 6) is 0. The van der Waals surface area contributed by atoms with E-state index in [9.17, 15) is 0 Å². The monoisotopic (exact) mass is 986 g/mol. The molecular formula is C73H50N2S. The van der Waals surface area contributed by atoms with Gasteiger partial charge in [0.25, 0.3) is 0 Å². The van der Waals surface area contributed by atoms with Crippen LogP contribution >= 0.6 is 11.3 Å². The van der Waals surface area contributed by atoms with Crippen molar-refractivity contribution in [1.82, 2.24) is 4.57 Å². The summed E-state index contributed by atoms with van der Waals surface area (Å²) in [4.78, 5) is 2.46. The Morgan fingerprint density at radius 3 is 1.33 bits per heavy atom. The zero-order chi connectivity index (χ0) is 50.4. The molecule has 0 aliphatic carbocycles. The summed E-state index contributed by atoms with van der Waals surface area (Å²) in [7, 11) is 0. The van der Waals surface area contributed by atoms with Crippen molar-refractivity contribution in [3.05, 3.63) is 297 Å². The highest BCUT2D eigenvalue weighted by Crippen LogP contribution is 2.44. The van der Waals surface area contributed by atoms with E-state index in [1.807, 2.05) is 11.3 Å². The number of benzene rings is 12. The quantitative estimate of drug-likeness (QED) is 0.125. The second kappa shape index (κ2) is 19.4. The van der Waals surface area contributed by atoms with E-state index in [1.54, 1.807) is 0 Å². The number of rotatable bonds is 11. The molecule has 0 bridgehead atoms. The molecule has 0 radical (unpaired) electrons. The molecule has 76 heavy (non-hydrogen) atoms. The molecule has 358 valence electrons. The summed E-state index contributed by atoms with van der Waals surface area (Å²) in [6, 6.07) is 107. The van der Waals surface area contributed by atoms with Gasteiger partial charge in [-0.3, -0.25) is 0 Å². The first-order valence-electron chi connectivity index (χ1n) is 26.1. The van der Waals surface area contributed by atoms with Gasteiger partial charge in [-0.05, 0) is 133 Å². The van der Waals surface area contributed by atoms with Crippen LogP contribution in [0.25, 0.3) is 114 Å². The lowest BCUT2D eigenvalue weighted by atomic mass is 9.93. The molecule has 14 rings (SSSR count). The summed E-state index contributed by atoms with van der Waals surface area (Å²) in [6.07, 6.45) is 0. The van der Waals surface area contributed by atoms with Gasteiger partial charge in [-0.1, -0.05) is 231 Å². The minimum absolute atomic E-state index is 0.669. The first-order chi connectivity index (χ1) is 37.7. The van der Waals surface area contributed by atoms with Gasteiger partial charge in [-0.25, -0.2) is 0 Å². The Hall–Kier alpha value is -9.54. The Morgan fingerprint density at radius 2 is 0.711 bits per heavy atom. The van der Waals surface area contributed by atoms with Gasteiger partial charge in [-0.15, -0.1) is 11.3 Å². The van der Waals surface area contributed by atoms with Crippen LogP contribution < -0.4 is 4.90 Å². The fourth-order valence-electron chi connectivity index (χ4n) is 11.4. The molecule has 0 fully saturated rings. The molecule has 0 aliphatic rings. The zero-order valence-corrected chi connectivity index (χ0v) is 42.5. The fourth-order valence-corrected chi connectivity index (χ4v) is 12.5. The predicted octanol–water partition coefficient (Wildman–Crippen LogP) is 20.5. The number of para-hydroxylation sites is 1. The van der Waals surface area contributed by atoms with E-state index >= 15 is 0 Å². The maximum absolute atomic E-state index is 2.49. The first-order valence-corrected chi connectivity index (χ1v) is 26.9. The number of nitrogens with zero attached hydrogens (tertiary/aromatic N) is 2. The number of anilines is 2. The zero-order valence-electron chi connectivity index (χ0n) is 41.7. The minimum atomic E-state index is 0.669. The molecule has 0 saturated carbocycles. The third-order valence-electron chi connectivity index (χ3n) is 15.2. The van der Waals surface area contributed by atoms with Crippen molar-refractivity contribution in [2.24, 2.45) is 0 Å². The van der Waals surface area contributed by atoms with Crippen LogP contribution in [-0.2, 0) is 6.54 Å². The van der Waals surface area contributed by atoms with Crippen LogP contribution in [-0.4, -0.2) is 4.57 Å². The molecule has 0 unspecified atom stereocenters. The minimum Gasteiger partial charge on any atom is -0.337 e. The van der Waals surface area contributed by atoms with Gasteiger partial charge < -0.3 is 9.47 Å². The summed E-state index contributed by atoms with van der Waals surface area (Å²) < 4.78 is 5.10. The van der Waals surface area contributed by atoms with Crippen LogP contribution in [0, 0.1) is 0 Å². The third kappa shape index (κ3) is 8.24. The second-order valence-electron chi connectivity index (χ2n) is 19.6. The largest absolute Gasteiger partial charge is 0.337 e. The van der Waals surface area contributed by atoms with E-state index in [2.05, 4.69) is 301 Å². The molecule has 0 N–H and O–H groups in total. The van der Waals surface area contributed by atoms with E-state index in [-0.39, 0.29) is 0 Å². The fraction of sp³-hybridized carbons (Fsp3) is 0.0137. The summed E-state index contributed by atoms with van der Waals surface area (Å²) in [6.45, 7) is 0.669. The molecule has 3 heteroatoms. The van der Waals surface area contributed by atoms with Crippen molar-refractivity contribution >= 4 is 64.7 Å². The van der Waals surface area contributed by atoms with Gasteiger partial charge in [0, 0.05) is 48.9 Å². The maximum Gasteiger partial charge on any atom is 0.0555 e. The van der Waals surface area contributed by atoms with Crippen LogP contribution in [0.5, 0.6) is 0 Å². The Kier molecular flexibility index (Phi) is 11.5. The highest BCUT2D eigenvalue weighted by Gasteiger charge is 2.21. The Bertz CT molecular complexity index is 4250. The van der Waals surface area contributed by atoms with Crippen LogP contribution in [0.1, 0.15) is 5.56 Å². The lowest BCUT2D eigenvalue weighted by Gasteiger charge is -2.27. The molecule has 14 aromatic rings. The average molecular weight is 987 g/mol. The van der Waals surface area contributed by atoms with Crippen molar-refractivity contribution in [2.45, 2.75) is 6.54 Å². The van der Waals surface area contributed by atoms with Crippen LogP contribution in [0.4, 0.5) is 11.4 Å². The molecule has 2 aromatic heterocycles. The second-order valence-corrected chi connectivity index (χ2v) is 20.7. The summed E-state index contributed by atoms with van der Waals surface area (Å²) in [5, 5.41) is 5.11. The molecule has 0 atom stereocenters. The number of hydrogen-bond donors (Lipinski definition) is 0. The Morgan fingerprint density at radius 1 is 0.289 bits per heavy atom. The van der Waals surface area contributed by atoms with Gasteiger partial charge >= 0.3 is 0 Å². The lowest BCUT2D eigenvalue weighted by molar-refractivity contribution is 0.977. The number of hydrogen-bond acceptors (Lipinski definition) is 2. The molecular weight excluding hydrogens is 937 g/mol. The highest BCUT2D eigenvalue weighted by atomic mass is 32.1.